The van der Waals surface area contributed by atoms with Crippen molar-refractivity contribution in [2.45, 2.75) is 39.7 Å². The summed E-state index contributed by atoms with van der Waals surface area (Å²) in [5.74, 6) is 1.26. The lowest BCUT2D eigenvalue weighted by atomic mass is 9.94. The van der Waals surface area contributed by atoms with Gasteiger partial charge in [-0.3, -0.25) is 9.69 Å². The molecule has 3 N–H and O–H groups in total. The van der Waals surface area contributed by atoms with Gasteiger partial charge in [-0.2, -0.15) is 0 Å². The molecule has 1 unspecified atom stereocenters. The Morgan fingerprint density at radius 2 is 1.83 bits per heavy atom. The van der Waals surface area contributed by atoms with Crippen molar-refractivity contribution >= 4 is 36.4 Å². The Balaban J connectivity index is 0.00000264. The fourth-order valence-electron chi connectivity index (χ4n) is 3.14. The molecule has 138 valence electrons. The molecule has 1 aliphatic heterocycles. The van der Waals surface area contributed by atoms with E-state index in [0.717, 1.165) is 19.0 Å². The van der Waals surface area contributed by atoms with Gasteiger partial charge in [-0.25, -0.2) is 0 Å². The summed E-state index contributed by atoms with van der Waals surface area (Å²) in [6.45, 7) is 9.72. The molecule has 1 atom stereocenters. The van der Waals surface area contributed by atoms with Crippen molar-refractivity contribution in [1.82, 2.24) is 10.2 Å². The molecular weight excluding hydrogens is 345 g/mol. The van der Waals surface area contributed by atoms with E-state index in [9.17, 15) is 4.79 Å². The lowest BCUT2D eigenvalue weighted by molar-refractivity contribution is 0.0863. The maximum absolute atomic E-state index is 12.3. The number of hydrogen-bond acceptors (Lipinski definition) is 3. The molecule has 0 spiro atoms. The molecule has 0 aromatic heterocycles. The molecule has 1 fully saturated rings. The normalized spacial score (nSPS) is 16.8. The third kappa shape index (κ3) is 6.15. The van der Waals surface area contributed by atoms with Crippen molar-refractivity contribution in [2.75, 3.05) is 25.4 Å². The maximum Gasteiger partial charge on any atom is 0.253 e. The fourth-order valence-corrected chi connectivity index (χ4v) is 3.14. The number of amides is 1. The van der Waals surface area contributed by atoms with Crippen molar-refractivity contribution in [2.24, 2.45) is 11.8 Å². The lowest BCUT2D eigenvalue weighted by Crippen LogP contribution is -2.49. The molecule has 1 aliphatic rings. The van der Waals surface area contributed by atoms with Crippen molar-refractivity contribution < 1.29 is 4.79 Å². The average molecular weight is 376 g/mol. The highest BCUT2D eigenvalue weighted by Crippen LogP contribution is 2.21. The first-order valence-corrected chi connectivity index (χ1v) is 8.35. The second-order valence-corrected chi connectivity index (χ2v) is 6.83. The predicted octanol–water partition coefficient (Wildman–Crippen LogP) is 3.60. The van der Waals surface area contributed by atoms with E-state index in [1.54, 1.807) is 12.1 Å². The zero-order valence-corrected chi connectivity index (χ0v) is 16.5. The van der Waals surface area contributed by atoms with E-state index in [1.807, 2.05) is 12.1 Å². The van der Waals surface area contributed by atoms with Gasteiger partial charge in [0.25, 0.3) is 5.91 Å². The Hall–Kier alpha value is -0.970. The Bertz CT molecular complexity index is 503. The first-order chi connectivity index (χ1) is 10.5. The quantitative estimate of drug-likeness (QED) is 0.772. The fraction of sp³-hybridized carbons (Fsp3) is 0.611. The smallest absolute Gasteiger partial charge is 0.253 e. The van der Waals surface area contributed by atoms with Gasteiger partial charge in [0.05, 0.1) is 5.56 Å². The standard InChI is InChI=1S/C18H29N3O.2ClH/c1-13(2)17(21-10-8-14(3)9-11-21)12-20-18(22)15-6-4-5-7-16(15)19;;/h4-7,13-14,17H,8-12,19H2,1-3H3,(H,20,22);2*1H. The number of nitrogens with one attached hydrogen (secondary N) is 1. The molecule has 4 nitrogen and oxygen atoms in total. The number of nitrogens with zero attached hydrogens (tertiary/aromatic N) is 1. The molecule has 1 saturated heterocycles. The van der Waals surface area contributed by atoms with E-state index >= 15 is 0 Å². The second kappa shape index (κ2) is 10.8. The van der Waals surface area contributed by atoms with Gasteiger partial charge in [-0.1, -0.05) is 32.9 Å². The van der Waals surface area contributed by atoms with E-state index in [4.69, 9.17) is 5.73 Å². The number of anilines is 1. The molecule has 0 radical (unpaired) electrons. The van der Waals surface area contributed by atoms with Crippen LogP contribution >= 0.6 is 24.8 Å². The van der Waals surface area contributed by atoms with Gasteiger partial charge in [0.1, 0.15) is 0 Å². The highest BCUT2D eigenvalue weighted by atomic mass is 35.5. The van der Waals surface area contributed by atoms with Crippen LogP contribution in [0.1, 0.15) is 44.0 Å². The first-order valence-electron chi connectivity index (χ1n) is 8.35. The highest BCUT2D eigenvalue weighted by Gasteiger charge is 2.26. The van der Waals surface area contributed by atoms with Gasteiger partial charge in [0.2, 0.25) is 0 Å². The number of nitrogen functional groups attached to an aromatic ring is 1. The average Bonchev–Trinajstić information content (AvgIpc) is 2.49. The third-order valence-electron chi connectivity index (χ3n) is 4.73. The van der Waals surface area contributed by atoms with E-state index in [1.165, 1.54) is 12.8 Å². The summed E-state index contributed by atoms with van der Waals surface area (Å²) in [5.41, 5.74) is 6.98. The molecule has 1 aromatic rings. The van der Waals surface area contributed by atoms with Crippen LogP contribution in [0.3, 0.4) is 0 Å². The van der Waals surface area contributed by atoms with E-state index < -0.39 is 0 Å². The summed E-state index contributed by atoms with van der Waals surface area (Å²) in [6.07, 6.45) is 2.51. The van der Waals surface area contributed by atoms with E-state index in [0.29, 0.717) is 29.8 Å². The summed E-state index contributed by atoms with van der Waals surface area (Å²) < 4.78 is 0. The number of para-hydroxylation sites is 1. The molecule has 0 bridgehead atoms. The number of halogens is 2. The zero-order chi connectivity index (χ0) is 16.1. The van der Waals surface area contributed by atoms with Crippen molar-refractivity contribution in [1.29, 1.82) is 0 Å². The summed E-state index contributed by atoms with van der Waals surface area (Å²) in [5, 5.41) is 3.07. The number of carbonyl (C=O) groups is 1. The number of nitrogens with two attached hydrogens (primary N) is 1. The molecule has 24 heavy (non-hydrogen) atoms. The van der Waals surface area contributed by atoms with Gasteiger partial charge in [0.15, 0.2) is 0 Å². The monoisotopic (exact) mass is 375 g/mol. The van der Waals surface area contributed by atoms with Crippen LogP contribution in [-0.2, 0) is 0 Å². The van der Waals surface area contributed by atoms with Crippen LogP contribution < -0.4 is 11.1 Å². The summed E-state index contributed by atoms with van der Waals surface area (Å²) in [6, 6.07) is 7.62. The summed E-state index contributed by atoms with van der Waals surface area (Å²) >= 11 is 0. The van der Waals surface area contributed by atoms with E-state index in [2.05, 4.69) is 31.0 Å². The summed E-state index contributed by atoms with van der Waals surface area (Å²) in [4.78, 5) is 14.8. The minimum Gasteiger partial charge on any atom is -0.398 e. The Kier molecular flexibility index (Phi) is 10.4. The molecule has 1 aromatic carbocycles. The highest BCUT2D eigenvalue weighted by molar-refractivity contribution is 5.99. The van der Waals surface area contributed by atoms with Gasteiger partial charge in [-0.15, -0.1) is 24.8 Å². The number of likely N-dealkylation sites (tertiary alicyclic amines) is 1. The lowest BCUT2D eigenvalue weighted by Gasteiger charge is -2.38. The maximum atomic E-state index is 12.3. The minimum absolute atomic E-state index is 0. The van der Waals surface area contributed by atoms with Crippen LogP contribution in [0.4, 0.5) is 5.69 Å². The second-order valence-electron chi connectivity index (χ2n) is 6.83. The van der Waals surface area contributed by atoms with Gasteiger partial charge >= 0.3 is 0 Å². The molecule has 1 heterocycles. The predicted molar refractivity (Wildman–Crippen MR) is 106 cm³/mol. The molecule has 0 aliphatic carbocycles. The Morgan fingerprint density at radius 1 is 1.25 bits per heavy atom. The number of rotatable bonds is 5. The summed E-state index contributed by atoms with van der Waals surface area (Å²) in [7, 11) is 0. The van der Waals surface area contributed by atoms with E-state index in [-0.39, 0.29) is 30.7 Å². The van der Waals surface area contributed by atoms with Gasteiger partial charge < -0.3 is 11.1 Å². The van der Waals surface area contributed by atoms with Crippen LogP contribution in [0, 0.1) is 11.8 Å². The van der Waals surface area contributed by atoms with Crippen molar-refractivity contribution in [3.05, 3.63) is 29.8 Å². The SMILES string of the molecule is CC1CCN(C(CNC(=O)c2ccccc2N)C(C)C)CC1.Cl.Cl. The Morgan fingerprint density at radius 3 is 2.38 bits per heavy atom. The molecule has 0 saturated carbocycles. The van der Waals surface area contributed by atoms with Crippen molar-refractivity contribution in [3.63, 3.8) is 0 Å². The number of carbonyl (C=O) groups excluding carboxylic acids is 1. The van der Waals surface area contributed by atoms with Crippen LogP contribution in [0.2, 0.25) is 0 Å². The molecule has 6 heteroatoms. The van der Waals surface area contributed by atoms with Crippen LogP contribution in [-0.4, -0.2) is 36.5 Å². The van der Waals surface area contributed by atoms with Gasteiger partial charge in [-0.05, 0) is 49.9 Å². The number of piperidine rings is 1. The van der Waals surface area contributed by atoms with Crippen LogP contribution in [0.5, 0.6) is 0 Å². The van der Waals surface area contributed by atoms with Gasteiger partial charge in [0, 0.05) is 18.3 Å². The number of benzene rings is 1. The zero-order valence-electron chi connectivity index (χ0n) is 14.8. The topological polar surface area (TPSA) is 58.4 Å². The minimum atomic E-state index is -0.0749. The Labute approximate surface area is 158 Å². The molecule has 2 rings (SSSR count). The van der Waals surface area contributed by atoms with Crippen molar-refractivity contribution in [3.8, 4) is 0 Å². The third-order valence-corrected chi connectivity index (χ3v) is 4.73. The first kappa shape index (κ1) is 23.0. The number of hydrogen-bond donors (Lipinski definition) is 2. The van der Waals surface area contributed by atoms with Crippen LogP contribution in [0.25, 0.3) is 0 Å². The molecular formula is C18H31Cl2N3O. The van der Waals surface area contributed by atoms with Crippen LogP contribution in [0.15, 0.2) is 24.3 Å². The molecule has 1 amide bonds. The largest absolute Gasteiger partial charge is 0.398 e.